The first kappa shape index (κ1) is 21.8. The lowest BCUT2D eigenvalue weighted by Crippen LogP contribution is -2.30. The number of hydrogen-bond donors (Lipinski definition) is 2. The third-order valence-corrected chi connectivity index (χ3v) is 5.86. The molecule has 2 N–H and O–H groups in total. The molecule has 1 fully saturated rings. The van der Waals surface area contributed by atoms with Crippen LogP contribution < -0.4 is 15.5 Å². The molecule has 32 heavy (non-hydrogen) atoms. The Balaban J connectivity index is 1.42. The topological polar surface area (TPSA) is 70.2 Å². The molecular formula is C26H31N5O. The van der Waals surface area contributed by atoms with Crippen LogP contribution in [0, 0.1) is 6.92 Å². The van der Waals surface area contributed by atoms with Crippen LogP contribution in [-0.4, -0.2) is 29.0 Å². The van der Waals surface area contributed by atoms with Crippen LogP contribution in [0.15, 0.2) is 60.7 Å². The lowest BCUT2D eigenvalue weighted by molar-refractivity contribution is -0.117. The molecule has 1 aromatic heterocycles. The quantitative estimate of drug-likeness (QED) is 0.508. The largest absolute Gasteiger partial charge is 0.356 e. The first-order chi connectivity index (χ1) is 15.6. The van der Waals surface area contributed by atoms with Crippen molar-refractivity contribution in [1.82, 2.24) is 9.97 Å². The zero-order chi connectivity index (χ0) is 22.3. The highest BCUT2D eigenvalue weighted by Gasteiger charge is 2.18. The minimum absolute atomic E-state index is 0.00704. The molecular weight excluding hydrogens is 398 g/mol. The van der Waals surface area contributed by atoms with Crippen molar-refractivity contribution < 1.29 is 4.79 Å². The van der Waals surface area contributed by atoms with E-state index in [1.807, 2.05) is 74.5 Å². The Labute approximate surface area is 190 Å². The van der Waals surface area contributed by atoms with Gasteiger partial charge in [0.2, 0.25) is 11.9 Å². The van der Waals surface area contributed by atoms with Crippen molar-refractivity contribution in [3.05, 3.63) is 71.9 Å². The minimum atomic E-state index is -0.164. The van der Waals surface area contributed by atoms with Crippen molar-refractivity contribution in [3.63, 3.8) is 0 Å². The monoisotopic (exact) mass is 429 g/mol. The smallest absolute Gasteiger partial charge is 0.231 e. The van der Waals surface area contributed by atoms with E-state index in [-0.39, 0.29) is 11.8 Å². The van der Waals surface area contributed by atoms with Crippen LogP contribution >= 0.6 is 0 Å². The molecule has 2 aromatic carbocycles. The number of carbonyl (C=O) groups is 1. The lowest BCUT2D eigenvalue weighted by atomic mass is 9.95. The molecule has 0 spiro atoms. The highest BCUT2D eigenvalue weighted by atomic mass is 16.1. The van der Waals surface area contributed by atoms with E-state index in [9.17, 15) is 4.79 Å². The second-order valence-electron chi connectivity index (χ2n) is 8.30. The number of aromatic nitrogens is 2. The average Bonchev–Trinajstić information content (AvgIpc) is 2.82. The van der Waals surface area contributed by atoms with E-state index in [0.717, 1.165) is 48.0 Å². The van der Waals surface area contributed by atoms with Gasteiger partial charge in [-0.1, -0.05) is 37.3 Å². The second-order valence-corrected chi connectivity index (χ2v) is 8.30. The maximum atomic E-state index is 12.8. The summed E-state index contributed by atoms with van der Waals surface area (Å²) in [7, 11) is 0. The van der Waals surface area contributed by atoms with Gasteiger partial charge in [0, 0.05) is 36.2 Å². The Morgan fingerprint density at radius 2 is 1.66 bits per heavy atom. The predicted molar refractivity (Wildman–Crippen MR) is 131 cm³/mol. The molecule has 4 rings (SSSR count). The van der Waals surface area contributed by atoms with Crippen LogP contribution in [0.4, 0.5) is 23.1 Å². The fraction of sp³-hybridized carbons (Fsp3) is 0.346. The van der Waals surface area contributed by atoms with Gasteiger partial charge >= 0.3 is 0 Å². The number of hydrogen-bond acceptors (Lipinski definition) is 5. The van der Waals surface area contributed by atoms with Crippen LogP contribution in [-0.2, 0) is 4.79 Å². The fourth-order valence-electron chi connectivity index (χ4n) is 4.15. The lowest BCUT2D eigenvalue weighted by Gasteiger charge is -2.28. The van der Waals surface area contributed by atoms with Crippen LogP contribution in [0.1, 0.15) is 49.8 Å². The summed E-state index contributed by atoms with van der Waals surface area (Å²) in [5.74, 6) is 1.42. The van der Waals surface area contributed by atoms with Crippen molar-refractivity contribution in [2.24, 2.45) is 0 Å². The molecule has 166 valence electrons. The summed E-state index contributed by atoms with van der Waals surface area (Å²) in [6.07, 6.45) is 4.46. The summed E-state index contributed by atoms with van der Waals surface area (Å²) < 4.78 is 0. The van der Waals surface area contributed by atoms with Crippen molar-refractivity contribution in [3.8, 4) is 0 Å². The van der Waals surface area contributed by atoms with Gasteiger partial charge in [-0.2, -0.15) is 4.98 Å². The molecule has 6 nitrogen and oxygen atoms in total. The summed E-state index contributed by atoms with van der Waals surface area (Å²) in [4.78, 5) is 24.4. The van der Waals surface area contributed by atoms with E-state index < -0.39 is 0 Å². The van der Waals surface area contributed by atoms with Gasteiger partial charge in [-0.15, -0.1) is 0 Å². The molecule has 1 saturated heterocycles. The Morgan fingerprint density at radius 1 is 0.969 bits per heavy atom. The van der Waals surface area contributed by atoms with E-state index in [1.54, 1.807) is 0 Å². The van der Waals surface area contributed by atoms with Gasteiger partial charge in [0.05, 0.1) is 5.92 Å². The number of nitrogens with zero attached hydrogens (tertiary/aromatic N) is 3. The molecule has 0 aliphatic carbocycles. The van der Waals surface area contributed by atoms with Crippen molar-refractivity contribution in [1.29, 1.82) is 0 Å². The van der Waals surface area contributed by atoms with Gasteiger partial charge in [0.25, 0.3) is 0 Å². The zero-order valence-corrected chi connectivity index (χ0v) is 18.8. The average molecular weight is 430 g/mol. The molecule has 1 aliphatic rings. The van der Waals surface area contributed by atoms with Gasteiger partial charge in [0.1, 0.15) is 5.82 Å². The van der Waals surface area contributed by atoms with Gasteiger partial charge in [-0.05, 0) is 62.4 Å². The number of benzene rings is 2. The van der Waals surface area contributed by atoms with Crippen LogP contribution in [0.2, 0.25) is 0 Å². The van der Waals surface area contributed by atoms with Gasteiger partial charge in [0.15, 0.2) is 0 Å². The minimum Gasteiger partial charge on any atom is -0.356 e. The molecule has 1 aliphatic heterocycles. The molecule has 0 bridgehead atoms. The van der Waals surface area contributed by atoms with Crippen molar-refractivity contribution in [2.45, 2.75) is 45.4 Å². The number of piperidine rings is 1. The zero-order valence-electron chi connectivity index (χ0n) is 18.8. The second kappa shape index (κ2) is 10.3. The highest BCUT2D eigenvalue weighted by Crippen LogP contribution is 2.24. The molecule has 2 heterocycles. The number of nitrogens with one attached hydrogen (secondary N) is 2. The summed E-state index contributed by atoms with van der Waals surface area (Å²) in [6, 6.07) is 19.6. The highest BCUT2D eigenvalue weighted by molar-refractivity contribution is 5.96. The van der Waals surface area contributed by atoms with E-state index in [1.165, 1.54) is 19.3 Å². The predicted octanol–water partition coefficient (Wildman–Crippen LogP) is 5.65. The Hall–Kier alpha value is -3.41. The maximum absolute atomic E-state index is 12.8. The number of aryl methyl sites for hydroxylation is 1. The van der Waals surface area contributed by atoms with Gasteiger partial charge < -0.3 is 15.5 Å². The summed E-state index contributed by atoms with van der Waals surface area (Å²) in [5.41, 5.74) is 3.63. The number of anilines is 4. The Morgan fingerprint density at radius 3 is 2.34 bits per heavy atom. The normalized spacial score (nSPS) is 14.6. The molecule has 1 amide bonds. The van der Waals surface area contributed by atoms with E-state index in [2.05, 4.69) is 20.5 Å². The van der Waals surface area contributed by atoms with Gasteiger partial charge in [-0.25, -0.2) is 4.98 Å². The molecule has 0 unspecified atom stereocenters. The summed E-state index contributed by atoms with van der Waals surface area (Å²) >= 11 is 0. The van der Waals surface area contributed by atoms with E-state index in [0.29, 0.717) is 5.95 Å². The van der Waals surface area contributed by atoms with E-state index in [4.69, 9.17) is 4.98 Å². The maximum Gasteiger partial charge on any atom is 0.231 e. The van der Waals surface area contributed by atoms with Crippen LogP contribution in [0.5, 0.6) is 0 Å². The molecule has 3 aromatic rings. The molecule has 1 atom stereocenters. The number of carbonyl (C=O) groups excluding carboxylic acids is 1. The Kier molecular flexibility index (Phi) is 7.00. The molecule has 6 heteroatoms. The third-order valence-electron chi connectivity index (χ3n) is 5.86. The molecule has 0 radical (unpaired) electrons. The van der Waals surface area contributed by atoms with Crippen LogP contribution in [0.3, 0.4) is 0 Å². The summed E-state index contributed by atoms with van der Waals surface area (Å²) in [6.45, 7) is 6.12. The number of rotatable bonds is 7. The van der Waals surface area contributed by atoms with Crippen molar-refractivity contribution >= 4 is 29.0 Å². The first-order valence-electron chi connectivity index (χ1n) is 11.5. The van der Waals surface area contributed by atoms with E-state index >= 15 is 0 Å². The fourth-order valence-corrected chi connectivity index (χ4v) is 4.15. The molecule has 0 saturated carbocycles. The van der Waals surface area contributed by atoms with Gasteiger partial charge in [-0.3, -0.25) is 4.79 Å². The van der Waals surface area contributed by atoms with Crippen LogP contribution in [0.25, 0.3) is 0 Å². The third kappa shape index (κ3) is 5.44. The summed E-state index contributed by atoms with van der Waals surface area (Å²) in [5, 5.41) is 6.34. The standard InChI is InChI=1S/C26H31N5O/c1-3-23(20-10-6-4-7-11-20)25(32)28-21-12-14-22(15-13-21)29-26-27-19(2)18-24(30-26)31-16-8-5-9-17-31/h4,6-7,10-15,18,23H,3,5,8-9,16-17H2,1-2H3,(H,28,32)(H,27,29,30)/t23-/m0/s1. The van der Waals surface area contributed by atoms with Crippen molar-refractivity contribution in [2.75, 3.05) is 28.6 Å². The first-order valence-corrected chi connectivity index (χ1v) is 11.5. The number of amides is 1. The Bertz CT molecular complexity index is 1030. The SMILES string of the molecule is CC[C@H](C(=O)Nc1ccc(Nc2nc(C)cc(N3CCCCC3)n2)cc1)c1ccccc1.